The SMILES string of the molecule is CNC(=O)OCC(Oc1cccc(CO)c1)c1ccccc1. The zero-order chi connectivity index (χ0) is 15.8. The fraction of sp³-hybridized carbons (Fsp3) is 0.235. The van der Waals surface area contributed by atoms with Crippen molar-refractivity contribution in [2.24, 2.45) is 0 Å². The van der Waals surface area contributed by atoms with Crippen LogP contribution in [0.15, 0.2) is 54.6 Å². The Morgan fingerprint density at radius 3 is 2.64 bits per heavy atom. The number of aliphatic hydroxyl groups excluding tert-OH is 1. The molecule has 116 valence electrons. The third-order valence-electron chi connectivity index (χ3n) is 3.10. The maximum atomic E-state index is 11.3. The summed E-state index contributed by atoms with van der Waals surface area (Å²) < 4.78 is 11.0. The largest absolute Gasteiger partial charge is 0.482 e. The molecule has 0 aliphatic rings. The highest BCUT2D eigenvalue weighted by Gasteiger charge is 2.16. The summed E-state index contributed by atoms with van der Waals surface area (Å²) in [7, 11) is 1.51. The summed E-state index contributed by atoms with van der Waals surface area (Å²) in [5, 5.41) is 11.6. The first-order valence-corrected chi connectivity index (χ1v) is 6.99. The Hall–Kier alpha value is -2.53. The highest BCUT2D eigenvalue weighted by Crippen LogP contribution is 2.23. The molecule has 0 saturated carbocycles. The molecule has 2 rings (SSSR count). The van der Waals surface area contributed by atoms with Gasteiger partial charge in [-0.15, -0.1) is 0 Å². The standard InChI is InChI=1S/C17H19NO4/c1-18-17(20)21-12-16(14-7-3-2-4-8-14)22-15-9-5-6-13(10-15)11-19/h2-10,16,19H,11-12H2,1H3,(H,18,20). The molecule has 0 bridgehead atoms. The quantitative estimate of drug-likeness (QED) is 0.860. The molecule has 0 aliphatic heterocycles. The van der Waals surface area contributed by atoms with Crippen LogP contribution >= 0.6 is 0 Å². The maximum absolute atomic E-state index is 11.3. The van der Waals surface area contributed by atoms with Gasteiger partial charge in [0.15, 0.2) is 6.10 Å². The van der Waals surface area contributed by atoms with Crippen molar-refractivity contribution in [2.75, 3.05) is 13.7 Å². The van der Waals surface area contributed by atoms with Crippen LogP contribution in [-0.2, 0) is 11.3 Å². The molecule has 0 aliphatic carbocycles. The first-order valence-electron chi connectivity index (χ1n) is 6.99. The molecule has 0 fully saturated rings. The number of alkyl carbamates (subject to hydrolysis) is 1. The first-order chi connectivity index (χ1) is 10.7. The smallest absolute Gasteiger partial charge is 0.407 e. The molecule has 2 aromatic carbocycles. The Morgan fingerprint density at radius 2 is 1.95 bits per heavy atom. The number of benzene rings is 2. The second-order valence-corrected chi connectivity index (χ2v) is 4.67. The van der Waals surface area contributed by atoms with Crippen molar-refractivity contribution < 1.29 is 19.4 Å². The summed E-state index contributed by atoms with van der Waals surface area (Å²) >= 11 is 0. The van der Waals surface area contributed by atoms with E-state index < -0.39 is 12.2 Å². The number of rotatable bonds is 6. The van der Waals surface area contributed by atoms with E-state index in [-0.39, 0.29) is 13.2 Å². The molecule has 2 aromatic rings. The lowest BCUT2D eigenvalue weighted by molar-refractivity contribution is 0.0829. The van der Waals surface area contributed by atoms with E-state index in [9.17, 15) is 9.90 Å². The van der Waals surface area contributed by atoms with Gasteiger partial charge in [-0.25, -0.2) is 4.79 Å². The van der Waals surface area contributed by atoms with Crippen molar-refractivity contribution in [1.82, 2.24) is 5.32 Å². The summed E-state index contributed by atoms with van der Waals surface area (Å²) in [4.78, 5) is 11.3. The average Bonchev–Trinajstić information content (AvgIpc) is 2.59. The lowest BCUT2D eigenvalue weighted by atomic mass is 10.1. The van der Waals surface area contributed by atoms with Crippen molar-refractivity contribution >= 4 is 6.09 Å². The van der Waals surface area contributed by atoms with Crippen LogP contribution in [-0.4, -0.2) is 24.9 Å². The van der Waals surface area contributed by atoms with Crippen molar-refractivity contribution in [2.45, 2.75) is 12.7 Å². The number of nitrogens with one attached hydrogen (secondary N) is 1. The van der Waals surface area contributed by atoms with E-state index in [1.165, 1.54) is 7.05 Å². The van der Waals surface area contributed by atoms with Crippen LogP contribution in [0.1, 0.15) is 17.2 Å². The van der Waals surface area contributed by atoms with Gasteiger partial charge in [-0.05, 0) is 23.3 Å². The fourth-order valence-corrected chi connectivity index (χ4v) is 1.97. The number of ether oxygens (including phenoxy) is 2. The van der Waals surface area contributed by atoms with Gasteiger partial charge in [-0.2, -0.15) is 0 Å². The van der Waals surface area contributed by atoms with Crippen LogP contribution in [0, 0.1) is 0 Å². The van der Waals surface area contributed by atoms with Gasteiger partial charge in [-0.1, -0.05) is 42.5 Å². The Labute approximate surface area is 129 Å². The fourth-order valence-electron chi connectivity index (χ4n) is 1.97. The van der Waals surface area contributed by atoms with Crippen molar-refractivity contribution in [3.63, 3.8) is 0 Å². The van der Waals surface area contributed by atoms with Gasteiger partial charge in [0.05, 0.1) is 6.61 Å². The Balaban J connectivity index is 2.14. The molecule has 5 heteroatoms. The van der Waals surface area contributed by atoms with Crippen molar-refractivity contribution in [1.29, 1.82) is 0 Å². The Morgan fingerprint density at radius 1 is 1.18 bits per heavy atom. The molecule has 0 spiro atoms. The van der Waals surface area contributed by atoms with Gasteiger partial charge in [0.1, 0.15) is 12.4 Å². The van der Waals surface area contributed by atoms with Gasteiger partial charge in [-0.3, -0.25) is 0 Å². The summed E-state index contributed by atoms with van der Waals surface area (Å²) in [6.07, 6.45) is -0.930. The van der Waals surface area contributed by atoms with Gasteiger partial charge < -0.3 is 19.9 Å². The predicted octanol–water partition coefficient (Wildman–Crippen LogP) is 2.66. The van der Waals surface area contributed by atoms with Crippen LogP contribution < -0.4 is 10.1 Å². The Bertz CT molecular complexity index is 601. The van der Waals surface area contributed by atoms with E-state index in [4.69, 9.17) is 9.47 Å². The number of carbonyl (C=O) groups excluding carboxylic acids is 1. The van der Waals surface area contributed by atoms with Crippen LogP contribution in [0.4, 0.5) is 4.79 Å². The van der Waals surface area contributed by atoms with Crippen molar-refractivity contribution in [3.05, 3.63) is 65.7 Å². The van der Waals surface area contributed by atoms with E-state index in [1.54, 1.807) is 12.1 Å². The number of amides is 1. The highest BCUT2D eigenvalue weighted by molar-refractivity contribution is 5.66. The van der Waals surface area contributed by atoms with Crippen LogP contribution in [0.5, 0.6) is 5.75 Å². The minimum atomic E-state index is -0.506. The summed E-state index contributed by atoms with van der Waals surface area (Å²) in [6, 6.07) is 16.7. The number of aliphatic hydroxyl groups is 1. The highest BCUT2D eigenvalue weighted by atomic mass is 16.6. The summed E-state index contributed by atoms with van der Waals surface area (Å²) in [5.41, 5.74) is 1.66. The normalized spacial score (nSPS) is 11.5. The second-order valence-electron chi connectivity index (χ2n) is 4.67. The summed E-state index contributed by atoms with van der Waals surface area (Å²) in [5.74, 6) is 0.612. The number of hydrogen-bond donors (Lipinski definition) is 2. The maximum Gasteiger partial charge on any atom is 0.407 e. The third kappa shape index (κ3) is 4.49. The second kappa shape index (κ2) is 8.05. The van der Waals surface area contributed by atoms with Gasteiger partial charge in [0.2, 0.25) is 0 Å². The first kappa shape index (κ1) is 15.9. The predicted molar refractivity (Wildman–Crippen MR) is 82.6 cm³/mol. The molecule has 1 unspecified atom stereocenters. The molecular weight excluding hydrogens is 282 g/mol. The van der Waals surface area contributed by atoms with E-state index in [0.29, 0.717) is 5.75 Å². The molecule has 22 heavy (non-hydrogen) atoms. The molecule has 1 amide bonds. The van der Waals surface area contributed by atoms with Crippen LogP contribution in [0.25, 0.3) is 0 Å². The van der Waals surface area contributed by atoms with E-state index >= 15 is 0 Å². The molecule has 2 N–H and O–H groups in total. The summed E-state index contributed by atoms with van der Waals surface area (Å²) in [6.45, 7) is 0.0367. The number of hydrogen-bond acceptors (Lipinski definition) is 4. The molecule has 0 aromatic heterocycles. The minimum absolute atomic E-state index is 0.0536. The van der Waals surface area contributed by atoms with E-state index in [1.807, 2.05) is 42.5 Å². The van der Waals surface area contributed by atoms with Crippen LogP contribution in [0.2, 0.25) is 0 Å². The molecular formula is C17H19NO4. The monoisotopic (exact) mass is 301 g/mol. The Kier molecular flexibility index (Phi) is 5.80. The minimum Gasteiger partial charge on any atom is -0.482 e. The lowest BCUT2D eigenvalue weighted by Crippen LogP contribution is -2.24. The van der Waals surface area contributed by atoms with E-state index in [0.717, 1.165) is 11.1 Å². The van der Waals surface area contributed by atoms with Gasteiger partial charge in [0.25, 0.3) is 0 Å². The zero-order valence-electron chi connectivity index (χ0n) is 12.4. The topological polar surface area (TPSA) is 67.8 Å². The molecule has 0 radical (unpaired) electrons. The van der Waals surface area contributed by atoms with E-state index in [2.05, 4.69) is 5.32 Å². The number of carbonyl (C=O) groups is 1. The third-order valence-corrected chi connectivity index (χ3v) is 3.10. The molecule has 0 heterocycles. The van der Waals surface area contributed by atoms with Crippen LogP contribution in [0.3, 0.4) is 0 Å². The van der Waals surface area contributed by atoms with Crippen molar-refractivity contribution in [3.8, 4) is 5.75 Å². The van der Waals surface area contributed by atoms with Gasteiger partial charge >= 0.3 is 6.09 Å². The van der Waals surface area contributed by atoms with Gasteiger partial charge in [0, 0.05) is 7.05 Å². The molecule has 5 nitrogen and oxygen atoms in total. The lowest BCUT2D eigenvalue weighted by Gasteiger charge is -2.20. The average molecular weight is 301 g/mol. The molecule has 1 atom stereocenters. The molecule has 0 saturated heterocycles. The zero-order valence-corrected chi connectivity index (χ0v) is 12.4.